The van der Waals surface area contributed by atoms with E-state index in [4.69, 9.17) is 0 Å². The zero-order valence-electron chi connectivity index (χ0n) is 8.27. The molecule has 0 radical (unpaired) electrons. The van der Waals surface area contributed by atoms with Gasteiger partial charge in [-0.15, -0.1) is 0 Å². The van der Waals surface area contributed by atoms with Gasteiger partial charge >= 0.3 is 5.69 Å². The minimum absolute atomic E-state index is 0.349. The molecule has 0 amide bonds. The molecule has 3 rings (SSSR count). The summed E-state index contributed by atoms with van der Waals surface area (Å²) in [4.78, 5) is 17.4. The molecule has 5 heteroatoms. The highest BCUT2D eigenvalue weighted by atomic mass is 16.1. The second-order valence-corrected chi connectivity index (χ2v) is 3.43. The molecular formula is C11H8N4O. The van der Waals surface area contributed by atoms with Crippen molar-refractivity contribution in [2.75, 3.05) is 0 Å². The number of nitrogens with zero attached hydrogens (tertiary/aromatic N) is 2. The quantitative estimate of drug-likeness (QED) is 0.638. The van der Waals surface area contributed by atoms with Crippen molar-refractivity contribution in [2.45, 2.75) is 0 Å². The van der Waals surface area contributed by atoms with Gasteiger partial charge in [0.15, 0.2) is 0 Å². The Labute approximate surface area is 90.2 Å². The molecule has 3 aromatic rings. The van der Waals surface area contributed by atoms with Crippen molar-refractivity contribution in [1.29, 1.82) is 0 Å². The number of nitrogens with one attached hydrogen (secondary N) is 2. The van der Waals surface area contributed by atoms with Crippen LogP contribution < -0.4 is 5.69 Å². The zero-order valence-corrected chi connectivity index (χ0v) is 8.27. The largest absolute Gasteiger partial charge is 0.345 e. The summed E-state index contributed by atoms with van der Waals surface area (Å²) in [6, 6.07) is 7.55. The predicted octanol–water partition coefficient (Wildman–Crippen LogP) is 1.31. The van der Waals surface area contributed by atoms with Gasteiger partial charge in [0.1, 0.15) is 0 Å². The summed E-state index contributed by atoms with van der Waals surface area (Å²) in [5.41, 5.74) is 2.27. The Morgan fingerprint density at radius 2 is 2.12 bits per heavy atom. The molecule has 0 fully saturated rings. The lowest BCUT2D eigenvalue weighted by atomic mass is 10.1. The van der Waals surface area contributed by atoms with E-state index >= 15 is 0 Å². The molecule has 1 aromatic carbocycles. The van der Waals surface area contributed by atoms with E-state index in [0.717, 1.165) is 22.2 Å². The Morgan fingerprint density at radius 1 is 1.19 bits per heavy atom. The summed E-state index contributed by atoms with van der Waals surface area (Å²) in [5, 5.41) is 7.84. The van der Waals surface area contributed by atoms with Gasteiger partial charge in [-0.1, -0.05) is 12.1 Å². The predicted molar refractivity (Wildman–Crippen MR) is 59.9 cm³/mol. The SMILES string of the molecule is O=c1nccc(-c2cccc3[nH]ncc23)[nH]1. The van der Waals surface area contributed by atoms with Crippen LogP contribution in [-0.4, -0.2) is 20.2 Å². The average Bonchev–Trinajstić information content (AvgIpc) is 2.76. The van der Waals surface area contributed by atoms with Crippen LogP contribution in [0.4, 0.5) is 0 Å². The maximum Gasteiger partial charge on any atom is 0.345 e. The summed E-state index contributed by atoms with van der Waals surface area (Å²) in [6.45, 7) is 0. The molecule has 0 aliphatic heterocycles. The Hall–Kier alpha value is -2.43. The van der Waals surface area contributed by atoms with Crippen LogP contribution in [-0.2, 0) is 0 Å². The van der Waals surface area contributed by atoms with Crippen LogP contribution in [0, 0.1) is 0 Å². The highest BCUT2D eigenvalue weighted by Crippen LogP contribution is 2.24. The van der Waals surface area contributed by atoms with Gasteiger partial charge in [-0.3, -0.25) is 5.10 Å². The van der Waals surface area contributed by atoms with E-state index in [1.165, 1.54) is 6.20 Å². The van der Waals surface area contributed by atoms with Crippen LogP contribution in [0.25, 0.3) is 22.2 Å². The fourth-order valence-corrected chi connectivity index (χ4v) is 1.73. The summed E-state index contributed by atoms with van der Waals surface area (Å²) in [6.07, 6.45) is 3.23. The lowest BCUT2D eigenvalue weighted by Gasteiger charge is -2.01. The summed E-state index contributed by atoms with van der Waals surface area (Å²) in [7, 11) is 0. The number of fused-ring (bicyclic) bond motifs is 1. The number of rotatable bonds is 1. The van der Waals surface area contributed by atoms with E-state index < -0.39 is 0 Å². The molecule has 0 unspecified atom stereocenters. The maximum absolute atomic E-state index is 11.1. The molecule has 0 aliphatic rings. The van der Waals surface area contributed by atoms with E-state index in [0.29, 0.717) is 0 Å². The van der Waals surface area contributed by atoms with E-state index in [-0.39, 0.29) is 5.69 Å². The van der Waals surface area contributed by atoms with Crippen LogP contribution in [0.5, 0.6) is 0 Å². The number of aromatic amines is 2. The second-order valence-electron chi connectivity index (χ2n) is 3.43. The molecule has 0 aliphatic carbocycles. The summed E-state index contributed by atoms with van der Waals surface area (Å²) >= 11 is 0. The van der Waals surface area contributed by atoms with Gasteiger partial charge in [-0.2, -0.15) is 5.10 Å². The van der Waals surface area contributed by atoms with E-state index in [1.807, 2.05) is 18.2 Å². The number of hydrogen-bond acceptors (Lipinski definition) is 3. The molecular weight excluding hydrogens is 204 g/mol. The number of benzene rings is 1. The molecule has 16 heavy (non-hydrogen) atoms. The van der Waals surface area contributed by atoms with E-state index in [9.17, 15) is 4.79 Å². The molecule has 0 atom stereocenters. The Bertz CT molecular complexity index is 698. The third-order valence-corrected chi connectivity index (χ3v) is 2.45. The van der Waals surface area contributed by atoms with Gasteiger partial charge in [0.25, 0.3) is 0 Å². The lowest BCUT2D eigenvalue weighted by Crippen LogP contribution is -2.09. The lowest BCUT2D eigenvalue weighted by molar-refractivity contribution is 1.08. The third kappa shape index (κ3) is 1.30. The smallest absolute Gasteiger partial charge is 0.305 e. The van der Waals surface area contributed by atoms with Crippen molar-refractivity contribution in [2.24, 2.45) is 0 Å². The first-order valence-corrected chi connectivity index (χ1v) is 4.82. The number of H-pyrrole nitrogens is 2. The Kier molecular flexibility index (Phi) is 1.83. The van der Waals surface area contributed by atoms with Crippen LogP contribution in [0.3, 0.4) is 0 Å². The summed E-state index contributed by atoms with van der Waals surface area (Å²) < 4.78 is 0. The van der Waals surface area contributed by atoms with Gasteiger partial charge < -0.3 is 4.98 Å². The van der Waals surface area contributed by atoms with Gasteiger partial charge in [-0.05, 0) is 12.1 Å². The van der Waals surface area contributed by atoms with Gasteiger partial charge in [0.2, 0.25) is 0 Å². The monoisotopic (exact) mass is 212 g/mol. The van der Waals surface area contributed by atoms with Gasteiger partial charge in [0.05, 0.1) is 17.4 Å². The number of aromatic nitrogens is 4. The second kappa shape index (κ2) is 3.30. The van der Waals surface area contributed by atoms with Crippen molar-refractivity contribution in [3.05, 3.63) is 47.1 Å². The first-order valence-electron chi connectivity index (χ1n) is 4.82. The van der Waals surface area contributed by atoms with Crippen LogP contribution in [0.1, 0.15) is 0 Å². The van der Waals surface area contributed by atoms with Gasteiger partial charge in [0, 0.05) is 17.1 Å². The molecule has 0 saturated carbocycles. The molecule has 0 bridgehead atoms. The average molecular weight is 212 g/mol. The minimum Gasteiger partial charge on any atom is -0.305 e. The molecule has 5 nitrogen and oxygen atoms in total. The van der Waals surface area contributed by atoms with Crippen molar-refractivity contribution in [1.82, 2.24) is 20.2 Å². The molecule has 2 heterocycles. The van der Waals surface area contributed by atoms with Crippen molar-refractivity contribution >= 4 is 10.9 Å². The Morgan fingerprint density at radius 3 is 3.00 bits per heavy atom. The zero-order chi connectivity index (χ0) is 11.0. The molecule has 2 aromatic heterocycles. The van der Waals surface area contributed by atoms with Crippen LogP contribution in [0.2, 0.25) is 0 Å². The topological polar surface area (TPSA) is 74.4 Å². The maximum atomic E-state index is 11.1. The fourth-order valence-electron chi connectivity index (χ4n) is 1.73. The molecule has 78 valence electrons. The van der Waals surface area contributed by atoms with E-state index in [1.54, 1.807) is 12.3 Å². The first-order chi connectivity index (χ1) is 7.84. The first kappa shape index (κ1) is 8.84. The summed E-state index contributed by atoms with van der Waals surface area (Å²) in [5.74, 6) is 0. The number of hydrogen-bond donors (Lipinski definition) is 2. The van der Waals surface area contributed by atoms with Gasteiger partial charge in [-0.25, -0.2) is 9.78 Å². The highest BCUT2D eigenvalue weighted by molar-refractivity contribution is 5.93. The van der Waals surface area contributed by atoms with Crippen LogP contribution in [0.15, 0.2) is 41.5 Å². The Balaban J connectivity index is 2.33. The van der Waals surface area contributed by atoms with Crippen LogP contribution >= 0.6 is 0 Å². The molecule has 0 saturated heterocycles. The highest BCUT2D eigenvalue weighted by Gasteiger charge is 2.05. The minimum atomic E-state index is -0.349. The third-order valence-electron chi connectivity index (χ3n) is 2.45. The fraction of sp³-hybridized carbons (Fsp3) is 0. The van der Waals surface area contributed by atoms with Crippen molar-refractivity contribution in [3.63, 3.8) is 0 Å². The van der Waals surface area contributed by atoms with E-state index in [2.05, 4.69) is 20.2 Å². The standard InChI is InChI=1S/C11H8N4O/c16-11-12-5-4-9(14-11)7-2-1-3-10-8(7)6-13-15-10/h1-6H,(H,13,15)(H,12,14,16). The van der Waals surface area contributed by atoms with Crippen molar-refractivity contribution in [3.8, 4) is 11.3 Å². The van der Waals surface area contributed by atoms with Crippen molar-refractivity contribution < 1.29 is 0 Å². The molecule has 0 spiro atoms. The normalized spacial score (nSPS) is 10.8. The molecule has 2 N–H and O–H groups in total.